The second-order valence-corrected chi connectivity index (χ2v) is 6.90. The van der Waals surface area contributed by atoms with E-state index in [-0.39, 0.29) is 18.9 Å². The topological polar surface area (TPSA) is 77.5 Å². The number of amides is 1. The van der Waals surface area contributed by atoms with Gasteiger partial charge >= 0.3 is 5.97 Å². The molecule has 0 saturated heterocycles. The molecule has 0 radical (unpaired) electrons. The fraction of sp³-hybridized carbons (Fsp3) is 0.190. The average Bonchev–Trinajstić information content (AvgIpc) is 3.18. The van der Waals surface area contributed by atoms with Crippen molar-refractivity contribution in [2.75, 3.05) is 7.05 Å². The lowest BCUT2D eigenvalue weighted by Gasteiger charge is -2.07. The summed E-state index contributed by atoms with van der Waals surface area (Å²) in [6.45, 7) is 0.494. The Bertz CT molecular complexity index is 923. The molecule has 0 aliphatic carbocycles. The van der Waals surface area contributed by atoms with Crippen molar-refractivity contribution in [2.45, 2.75) is 19.6 Å². The molecule has 1 N–H and O–H groups in total. The molecule has 28 heavy (non-hydrogen) atoms. The molecule has 0 spiro atoms. The van der Waals surface area contributed by atoms with Crippen molar-refractivity contribution >= 4 is 23.2 Å². The van der Waals surface area contributed by atoms with Crippen LogP contribution in [0.5, 0.6) is 5.75 Å². The third-order valence-electron chi connectivity index (χ3n) is 3.88. The Morgan fingerprint density at radius 3 is 2.50 bits per heavy atom. The normalized spacial score (nSPS) is 10.3. The van der Waals surface area contributed by atoms with Gasteiger partial charge in [0, 0.05) is 12.4 Å². The van der Waals surface area contributed by atoms with Crippen LogP contribution in [0.25, 0.3) is 0 Å². The summed E-state index contributed by atoms with van der Waals surface area (Å²) < 4.78 is 11.0. The standard InChI is InChI=1S/C21H20N2O4S/c1-22-19(24)11-20-23-17(14-28-20)13-27-21(25)16-9-7-15(8-10-16)12-26-18-5-3-2-4-6-18/h2-10,14H,11-13H2,1H3,(H,22,24). The van der Waals surface area contributed by atoms with E-state index in [1.54, 1.807) is 24.6 Å². The third-order valence-corrected chi connectivity index (χ3v) is 4.78. The highest BCUT2D eigenvalue weighted by Gasteiger charge is 2.11. The van der Waals surface area contributed by atoms with Crippen LogP contribution in [0.3, 0.4) is 0 Å². The fourth-order valence-corrected chi connectivity index (χ4v) is 3.14. The Kier molecular flexibility index (Phi) is 6.75. The number of aromatic nitrogens is 1. The maximum atomic E-state index is 12.2. The number of thiazole rings is 1. The van der Waals surface area contributed by atoms with Crippen molar-refractivity contribution in [3.63, 3.8) is 0 Å². The van der Waals surface area contributed by atoms with Gasteiger partial charge < -0.3 is 14.8 Å². The SMILES string of the molecule is CNC(=O)Cc1nc(COC(=O)c2ccc(COc3ccccc3)cc2)cs1. The van der Waals surface area contributed by atoms with Crippen molar-refractivity contribution in [1.82, 2.24) is 10.3 Å². The predicted octanol–water partition coefficient (Wildman–Crippen LogP) is 3.37. The number of ether oxygens (including phenoxy) is 2. The lowest BCUT2D eigenvalue weighted by molar-refractivity contribution is -0.119. The van der Waals surface area contributed by atoms with Gasteiger partial charge in [-0.3, -0.25) is 4.79 Å². The first-order valence-corrected chi connectivity index (χ1v) is 9.60. The molecule has 0 saturated carbocycles. The lowest BCUT2D eigenvalue weighted by atomic mass is 10.1. The largest absolute Gasteiger partial charge is 0.489 e. The molecule has 6 nitrogen and oxygen atoms in total. The maximum Gasteiger partial charge on any atom is 0.338 e. The summed E-state index contributed by atoms with van der Waals surface area (Å²) >= 11 is 1.37. The van der Waals surface area contributed by atoms with Crippen LogP contribution < -0.4 is 10.1 Å². The van der Waals surface area contributed by atoms with Gasteiger partial charge in [-0.25, -0.2) is 9.78 Å². The highest BCUT2D eigenvalue weighted by Crippen LogP contribution is 2.14. The van der Waals surface area contributed by atoms with Gasteiger partial charge in [0.2, 0.25) is 5.91 Å². The van der Waals surface area contributed by atoms with Crippen LogP contribution in [0.2, 0.25) is 0 Å². The molecule has 1 amide bonds. The fourth-order valence-electron chi connectivity index (χ4n) is 2.37. The van der Waals surface area contributed by atoms with Gasteiger partial charge in [-0.05, 0) is 29.8 Å². The molecule has 1 heterocycles. The van der Waals surface area contributed by atoms with Crippen molar-refractivity contribution in [3.05, 3.63) is 81.8 Å². The van der Waals surface area contributed by atoms with Crippen molar-refractivity contribution < 1.29 is 19.1 Å². The van der Waals surface area contributed by atoms with Gasteiger partial charge in [0.25, 0.3) is 0 Å². The molecule has 0 bridgehead atoms. The summed E-state index contributed by atoms with van der Waals surface area (Å²) in [5, 5.41) is 5.03. The number of esters is 1. The zero-order chi connectivity index (χ0) is 19.8. The lowest BCUT2D eigenvalue weighted by Crippen LogP contribution is -2.19. The Hall–Kier alpha value is -3.19. The molecule has 0 atom stereocenters. The van der Waals surface area contributed by atoms with E-state index in [4.69, 9.17) is 9.47 Å². The smallest absolute Gasteiger partial charge is 0.338 e. The van der Waals surface area contributed by atoms with Gasteiger partial charge in [0.1, 0.15) is 24.0 Å². The number of rotatable bonds is 8. The first-order valence-electron chi connectivity index (χ1n) is 8.72. The molecule has 2 aromatic carbocycles. The molecule has 3 rings (SSSR count). The van der Waals surface area contributed by atoms with Gasteiger partial charge in [0.15, 0.2) is 0 Å². The minimum Gasteiger partial charge on any atom is -0.489 e. The second kappa shape index (κ2) is 9.66. The molecule has 144 valence electrons. The number of hydrogen-bond donors (Lipinski definition) is 1. The van der Waals surface area contributed by atoms with E-state index in [9.17, 15) is 9.59 Å². The molecule has 0 unspecified atom stereocenters. The van der Waals surface area contributed by atoms with Crippen LogP contribution in [-0.2, 0) is 29.2 Å². The Balaban J connectivity index is 1.48. The number of likely N-dealkylation sites (N-methyl/N-ethyl adjacent to an activating group) is 1. The highest BCUT2D eigenvalue weighted by atomic mass is 32.1. The van der Waals surface area contributed by atoms with Gasteiger partial charge in [-0.1, -0.05) is 30.3 Å². The summed E-state index contributed by atoms with van der Waals surface area (Å²) in [5.74, 6) is 0.274. The number of hydrogen-bond acceptors (Lipinski definition) is 6. The number of carbonyl (C=O) groups excluding carboxylic acids is 2. The second-order valence-electron chi connectivity index (χ2n) is 5.96. The van der Waals surface area contributed by atoms with Crippen molar-refractivity contribution in [3.8, 4) is 5.75 Å². The van der Waals surface area contributed by atoms with Gasteiger partial charge in [-0.2, -0.15) is 0 Å². The molecule has 0 fully saturated rings. The van der Waals surface area contributed by atoms with E-state index in [1.807, 2.05) is 42.5 Å². The maximum absolute atomic E-state index is 12.2. The first kappa shape index (κ1) is 19.6. The number of carbonyl (C=O) groups is 2. The van der Waals surface area contributed by atoms with Crippen LogP contribution in [0.4, 0.5) is 0 Å². The van der Waals surface area contributed by atoms with Gasteiger partial charge in [0.05, 0.1) is 17.7 Å². The summed E-state index contributed by atoms with van der Waals surface area (Å²) in [6, 6.07) is 16.6. The average molecular weight is 396 g/mol. The van der Waals surface area contributed by atoms with Crippen molar-refractivity contribution in [1.29, 1.82) is 0 Å². The molecule has 7 heteroatoms. The van der Waals surface area contributed by atoms with E-state index in [0.717, 1.165) is 11.3 Å². The molecular weight excluding hydrogens is 376 g/mol. The Morgan fingerprint density at radius 1 is 1.04 bits per heavy atom. The third kappa shape index (κ3) is 5.65. The van der Waals surface area contributed by atoms with Gasteiger partial charge in [-0.15, -0.1) is 11.3 Å². The zero-order valence-corrected chi connectivity index (χ0v) is 16.2. The summed E-state index contributed by atoms with van der Waals surface area (Å²) in [6.07, 6.45) is 0.224. The van der Waals surface area contributed by atoms with E-state index in [1.165, 1.54) is 11.3 Å². The number of nitrogens with one attached hydrogen (secondary N) is 1. The summed E-state index contributed by atoms with van der Waals surface area (Å²) in [4.78, 5) is 27.9. The molecular formula is C21H20N2O4S. The Labute approximate surface area is 167 Å². The monoisotopic (exact) mass is 396 g/mol. The van der Waals surface area contributed by atoms with Crippen LogP contribution in [0.15, 0.2) is 60.0 Å². The molecule has 0 aliphatic rings. The van der Waals surface area contributed by atoms with Crippen LogP contribution in [0.1, 0.15) is 26.6 Å². The quantitative estimate of drug-likeness (QED) is 0.591. The summed E-state index contributed by atoms with van der Waals surface area (Å²) in [7, 11) is 1.58. The predicted molar refractivity (Wildman–Crippen MR) is 106 cm³/mol. The molecule has 3 aromatic rings. The first-order chi connectivity index (χ1) is 13.6. The molecule has 0 aliphatic heterocycles. The number of nitrogens with zero attached hydrogens (tertiary/aromatic N) is 1. The minimum atomic E-state index is -0.420. The number of benzene rings is 2. The molecule has 1 aromatic heterocycles. The Morgan fingerprint density at radius 2 is 1.79 bits per heavy atom. The van der Waals surface area contributed by atoms with Crippen molar-refractivity contribution in [2.24, 2.45) is 0 Å². The van der Waals surface area contributed by atoms with E-state index in [0.29, 0.717) is 22.9 Å². The summed E-state index contributed by atoms with van der Waals surface area (Å²) in [5.41, 5.74) is 2.05. The zero-order valence-electron chi connectivity index (χ0n) is 15.4. The van der Waals surface area contributed by atoms with E-state index >= 15 is 0 Å². The van der Waals surface area contributed by atoms with E-state index < -0.39 is 5.97 Å². The number of para-hydroxylation sites is 1. The van der Waals surface area contributed by atoms with Crippen LogP contribution >= 0.6 is 11.3 Å². The highest BCUT2D eigenvalue weighted by molar-refractivity contribution is 7.09. The van der Waals surface area contributed by atoms with Crippen LogP contribution in [-0.4, -0.2) is 23.9 Å². The minimum absolute atomic E-state index is 0.0714. The van der Waals surface area contributed by atoms with Crippen LogP contribution in [0, 0.1) is 0 Å². The van der Waals surface area contributed by atoms with E-state index in [2.05, 4.69) is 10.3 Å².